The fourth-order valence-electron chi connectivity index (χ4n) is 2.90. The summed E-state index contributed by atoms with van der Waals surface area (Å²) in [6, 6.07) is 9.03. The molecule has 0 unspecified atom stereocenters. The van der Waals surface area contributed by atoms with Gasteiger partial charge in [-0.2, -0.15) is 0 Å². The Bertz CT molecular complexity index is 653. The molecule has 1 aromatic heterocycles. The lowest BCUT2D eigenvalue weighted by atomic mass is 10.1. The van der Waals surface area contributed by atoms with Gasteiger partial charge in [0.1, 0.15) is 11.5 Å². The minimum Gasteiger partial charge on any atom is -0.361 e. The standard InChI is InChI=1S/C15H17N3O3/c1-11-8-14(16-21-11)15-6-3-7-17(15)10-12-4-2-5-13(9-12)18(19)20/h2,4-5,8-9,15H,3,6-7,10H2,1H3/t15-/m1/s1. The van der Waals surface area contributed by atoms with Crippen LogP contribution in [0.25, 0.3) is 0 Å². The third kappa shape index (κ3) is 2.95. The Hall–Kier alpha value is -2.21. The molecule has 110 valence electrons. The molecule has 2 aromatic rings. The molecule has 6 nitrogen and oxygen atoms in total. The number of aromatic nitrogens is 1. The van der Waals surface area contributed by atoms with Crippen molar-refractivity contribution in [1.29, 1.82) is 0 Å². The first-order valence-corrected chi connectivity index (χ1v) is 7.04. The van der Waals surface area contributed by atoms with Gasteiger partial charge in [0.05, 0.1) is 11.0 Å². The molecule has 6 heteroatoms. The molecule has 1 fully saturated rings. The van der Waals surface area contributed by atoms with Gasteiger partial charge in [0, 0.05) is 24.7 Å². The maximum absolute atomic E-state index is 10.8. The van der Waals surface area contributed by atoms with E-state index in [-0.39, 0.29) is 16.7 Å². The van der Waals surface area contributed by atoms with Crippen LogP contribution in [0.5, 0.6) is 0 Å². The summed E-state index contributed by atoms with van der Waals surface area (Å²) < 4.78 is 5.16. The predicted molar refractivity (Wildman–Crippen MR) is 76.7 cm³/mol. The van der Waals surface area contributed by atoms with Crippen LogP contribution in [0, 0.1) is 17.0 Å². The van der Waals surface area contributed by atoms with Crippen LogP contribution in [0.4, 0.5) is 5.69 Å². The Kier molecular flexibility index (Phi) is 3.70. The van der Waals surface area contributed by atoms with E-state index in [2.05, 4.69) is 10.1 Å². The molecule has 1 saturated heterocycles. The molecule has 0 aliphatic carbocycles. The second kappa shape index (κ2) is 5.65. The van der Waals surface area contributed by atoms with Crippen LogP contribution in [0.1, 0.15) is 35.9 Å². The highest BCUT2D eigenvalue weighted by Crippen LogP contribution is 2.33. The van der Waals surface area contributed by atoms with Crippen LogP contribution in [-0.4, -0.2) is 21.5 Å². The van der Waals surface area contributed by atoms with Crippen LogP contribution < -0.4 is 0 Å². The van der Waals surface area contributed by atoms with Gasteiger partial charge in [0.25, 0.3) is 5.69 Å². The number of likely N-dealkylation sites (tertiary alicyclic amines) is 1. The first-order valence-electron chi connectivity index (χ1n) is 7.04. The molecule has 2 heterocycles. The number of nitro benzene ring substituents is 1. The van der Waals surface area contributed by atoms with E-state index in [1.165, 1.54) is 6.07 Å². The lowest BCUT2D eigenvalue weighted by molar-refractivity contribution is -0.384. The van der Waals surface area contributed by atoms with Crippen molar-refractivity contribution in [3.05, 3.63) is 57.5 Å². The topological polar surface area (TPSA) is 72.4 Å². The molecule has 0 bridgehead atoms. The molecule has 1 aliphatic rings. The largest absolute Gasteiger partial charge is 0.361 e. The number of nitro groups is 1. The summed E-state index contributed by atoms with van der Waals surface area (Å²) in [5, 5.41) is 15.0. The van der Waals surface area contributed by atoms with Crippen molar-refractivity contribution >= 4 is 5.69 Å². The molecule has 1 atom stereocenters. The second-order valence-corrected chi connectivity index (χ2v) is 5.42. The first kappa shape index (κ1) is 13.8. The van der Waals surface area contributed by atoms with Gasteiger partial charge >= 0.3 is 0 Å². The zero-order valence-corrected chi connectivity index (χ0v) is 11.9. The first-order chi connectivity index (χ1) is 10.1. The van der Waals surface area contributed by atoms with Crippen molar-refractivity contribution in [2.45, 2.75) is 32.4 Å². The molecule has 1 aliphatic heterocycles. The molecule has 0 spiro atoms. The molecule has 0 saturated carbocycles. The van der Waals surface area contributed by atoms with E-state index < -0.39 is 0 Å². The fraction of sp³-hybridized carbons (Fsp3) is 0.400. The third-order valence-corrected chi connectivity index (χ3v) is 3.86. The highest BCUT2D eigenvalue weighted by Gasteiger charge is 2.28. The summed E-state index contributed by atoms with van der Waals surface area (Å²) in [5.74, 6) is 0.812. The van der Waals surface area contributed by atoms with Gasteiger partial charge in [-0.15, -0.1) is 0 Å². The predicted octanol–water partition coefficient (Wildman–Crippen LogP) is 3.23. The molecular weight excluding hydrogens is 270 g/mol. The Morgan fingerprint density at radius 2 is 2.33 bits per heavy atom. The van der Waals surface area contributed by atoms with Gasteiger partial charge in [-0.3, -0.25) is 15.0 Å². The van der Waals surface area contributed by atoms with Crippen molar-refractivity contribution in [3.8, 4) is 0 Å². The number of aryl methyl sites for hydroxylation is 1. The van der Waals surface area contributed by atoms with Crippen LogP contribution in [0.15, 0.2) is 34.9 Å². The van der Waals surface area contributed by atoms with Crippen LogP contribution in [0.3, 0.4) is 0 Å². The number of rotatable bonds is 4. The van der Waals surface area contributed by atoms with Gasteiger partial charge in [0.15, 0.2) is 0 Å². The maximum Gasteiger partial charge on any atom is 0.269 e. The van der Waals surface area contributed by atoms with Crippen molar-refractivity contribution in [3.63, 3.8) is 0 Å². The van der Waals surface area contributed by atoms with Gasteiger partial charge < -0.3 is 4.52 Å². The van der Waals surface area contributed by atoms with Crippen molar-refractivity contribution in [2.24, 2.45) is 0 Å². The fourth-order valence-corrected chi connectivity index (χ4v) is 2.90. The Balaban J connectivity index is 1.77. The molecule has 0 amide bonds. The summed E-state index contributed by atoms with van der Waals surface area (Å²) >= 11 is 0. The van der Waals surface area contributed by atoms with E-state index >= 15 is 0 Å². The highest BCUT2D eigenvalue weighted by molar-refractivity contribution is 5.34. The van der Waals surface area contributed by atoms with E-state index in [1.54, 1.807) is 12.1 Å². The summed E-state index contributed by atoms with van der Waals surface area (Å²) in [7, 11) is 0. The normalized spacial score (nSPS) is 19.0. The molecule has 1 aromatic carbocycles. The summed E-state index contributed by atoms with van der Waals surface area (Å²) in [6.07, 6.45) is 2.15. The Morgan fingerprint density at radius 1 is 1.48 bits per heavy atom. The van der Waals surface area contributed by atoms with E-state index in [1.807, 2.05) is 19.1 Å². The lowest BCUT2D eigenvalue weighted by Crippen LogP contribution is -2.23. The summed E-state index contributed by atoms with van der Waals surface area (Å²) in [5.41, 5.74) is 2.05. The number of nitrogens with zero attached hydrogens (tertiary/aromatic N) is 3. The second-order valence-electron chi connectivity index (χ2n) is 5.42. The van der Waals surface area contributed by atoms with E-state index in [4.69, 9.17) is 4.52 Å². The molecule has 21 heavy (non-hydrogen) atoms. The lowest BCUT2D eigenvalue weighted by Gasteiger charge is -2.22. The van der Waals surface area contributed by atoms with E-state index in [9.17, 15) is 10.1 Å². The van der Waals surface area contributed by atoms with Gasteiger partial charge in [-0.05, 0) is 31.9 Å². The number of benzene rings is 1. The SMILES string of the molecule is Cc1cc([C@H]2CCCN2Cc2cccc([N+](=O)[O-])c2)no1. The van der Waals surface area contributed by atoms with Crippen molar-refractivity contribution in [2.75, 3.05) is 6.54 Å². The molecule has 0 N–H and O–H groups in total. The third-order valence-electron chi connectivity index (χ3n) is 3.86. The zero-order valence-electron chi connectivity index (χ0n) is 11.9. The highest BCUT2D eigenvalue weighted by atomic mass is 16.6. The summed E-state index contributed by atoms with van der Waals surface area (Å²) in [4.78, 5) is 12.8. The van der Waals surface area contributed by atoms with Crippen LogP contribution in [0.2, 0.25) is 0 Å². The minimum atomic E-state index is -0.355. The quantitative estimate of drug-likeness (QED) is 0.637. The van der Waals surface area contributed by atoms with E-state index in [0.29, 0.717) is 6.54 Å². The van der Waals surface area contributed by atoms with E-state index in [0.717, 1.165) is 36.4 Å². The molecule has 3 rings (SSSR count). The van der Waals surface area contributed by atoms with Gasteiger partial charge in [-0.1, -0.05) is 17.3 Å². The van der Waals surface area contributed by atoms with Crippen LogP contribution >= 0.6 is 0 Å². The average Bonchev–Trinajstić information content (AvgIpc) is 3.08. The molecular formula is C15H17N3O3. The zero-order chi connectivity index (χ0) is 14.8. The summed E-state index contributed by atoms with van der Waals surface area (Å²) in [6.45, 7) is 3.55. The Morgan fingerprint density at radius 3 is 3.05 bits per heavy atom. The van der Waals surface area contributed by atoms with Crippen molar-refractivity contribution in [1.82, 2.24) is 10.1 Å². The van der Waals surface area contributed by atoms with Crippen LogP contribution in [-0.2, 0) is 6.54 Å². The minimum absolute atomic E-state index is 0.139. The average molecular weight is 287 g/mol. The number of hydrogen-bond acceptors (Lipinski definition) is 5. The smallest absolute Gasteiger partial charge is 0.269 e. The van der Waals surface area contributed by atoms with Gasteiger partial charge in [0.2, 0.25) is 0 Å². The maximum atomic E-state index is 10.8. The molecule has 0 radical (unpaired) electrons. The van der Waals surface area contributed by atoms with Crippen molar-refractivity contribution < 1.29 is 9.45 Å². The number of non-ortho nitro benzene ring substituents is 1. The van der Waals surface area contributed by atoms with Gasteiger partial charge in [-0.25, -0.2) is 0 Å². The monoisotopic (exact) mass is 287 g/mol. The Labute approximate surface area is 122 Å². The number of hydrogen-bond donors (Lipinski definition) is 0.